The van der Waals surface area contributed by atoms with E-state index in [1.165, 1.54) is 24.2 Å². The summed E-state index contributed by atoms with van der Waals surface area (Å²) in [5.41, 5.74) is 0.467. The van der Waals surface area contributed by atoms with Crippen molar-refractivity contribution < 1.29 is 9.59 Å². The number of carbonyl (C=O) groups excluding carboxylic acids is 2. The van der Waals surface area contributed by atoms with Gasteiger partial charge in [-0.05, 0) is 32.2 Å². The van der Waals surface area contributed by atoms with Crippen molar-refractivity contribution >= 4 is 28.3 Å². The summed E-state index contributed by atoms with van der Waals surface area (Å²) in [4.78, 5) is 31.2. The summed E-state index contributed by atoms with van der Waals surface area (Å²) in [7, 11) is 0. The fourth-order valence-corrected chi connectivity index (χ4v) is 3.49. The third-order valence-corrected chi connectivity index (χ3v) is 5.14. The number of thiazole rings is 1. The summed E-state index contributed by atoms with van der Waals surface area (Å²) in [6.07, 6.45) is 2.53. The van der Waals surface area contributed by atoms with E-state index in [0.29, 0.717) is 5.13 Å². The third kappa shape index (κ3) is 6.08. The largest absolute Gasteiger partial charge is 0.344 e. The van der Waals surface area contributed by atoms with Crippen LogP contribution in [0.2, 0.25) is 0 Å². The zero-order valence-corrected chi connectivity index (χ0v) is 16.7. The van der Waals surface area contributed by atoms with Crippen molar-refractivity contribution in [3.63, 3.8) is 0 Å². The first kappa shape index (κ1) is 19.8. The molecule has 2 heterocycles. The molecule has 0 saturated carbocycles. The van der Waals surface area contributed by atoms with E-state index in [0.717, 1.165) is 31.2 Å². The van der Waals surface area contributed by atoms with Crippen LogP contribution in [0.3, 0.4) is 0 Å². The molecule has 1 saturated heterocycles. The van der Waals surface area contributed by atoms with Crippen LogP contribution in [0.25, 0.3) is 0 Å². The number of nitrogens with zero attached hydrogens (tertiary/aromatic N) is 2. The van der Waals surface area contributed by atoms with Gasteiger partial charge < -0.3 is 10.6 Å². The van der Waals surface area contributed by atoms with E-state index >= 15 is 0 Å². The minimum atomic E-state index is -0.595. The van der Waals surface area contributed by atoms with Gasteiger partial charge in [0.25, 0.3) is 0 Å². The van der Waals surface area contributed by atoms with Crippen LogP contribution in [0.1, 0.15) is 53.2 Å². The molecule has 0 radical (unpaired) electrons. The fourth-order valence-electron chi connectivity index (χ4n) is 2.79. The maximum absolute atomic E-state index is 12.2. The molecule has 25 heavy (non-hydrogen) atoms. The number of carbonyl (C=O) groups is 2. The van der Waals surface area contributed by atoms with Crippen LogP contribution in [-0.4, -0.2) is 40.8 Å². The lowest BCUT2D eigenvalue weighted by atomic mass is 9.95. The van der Waals surface area contributed by atoms with Gasteiger partial charge in [-0.25, -0.2) is 4.98 Å². The van der Waals surface area contributed by atoms with E-state index < -0.39 is 11.5 Å². The molecule has 2 atom stereocenters. The van der Waals surface area contributed by atoms with Crippen LogP contribution in [0.5, 0.6) is 0 Å². The molecule has 140 valence electrons. The molecule has 2 N–H and O–H groups in total. The second-order valence-electron chi connectivity index (χ2n) is 8.06. The van der Waals surface area contributed by atoms with E-state index in [1.54, 1.807) is 6.92 Å². The Morgan fingerprint density at radius 2 is 2.16 bits per heavy atom. The van der Waals surface area contributed by atoms with Gasteiger partial charge in [-0.2, -0.15) is 0 Å². The molecule has 0 aromatic carbocycles. The number of hydrogen-bond donors (Lipinski definition) is 2. The Morgan fingerprint density at radius 1 is 1.44 bits per heavy atom. The number of rotatable bonds is 5. The van der Waals surface area contributed by atoms with Crippen molar-refractivity contribution in [2.45, 2.75) is 60.0 Å². The van der Waals surface area contributed by atoms with Crippen LogP contribution < -0.4 is 10.6 Å². The molecule has 1 aliphatic rings. The maximum atomic E-state index is 12.2. The van der Waals surface area contributed by atoms with Crippen LogP contribution >= 0.6 is 11.3 Å². The Kier molecular flexibility index (Phi) is 6.57. The average molecular weight is 367 g/mol. The molecule has 0 bridgehead atoms. The average Bonchev–Trinajstić information content (AvgIpc) is 2.93. The van der Waals surface area contributed by atoms with E-state index in [9.17, 15) is 9.59 Å². The summed E-state index contributed by atoms with van der Waals surface area (Å²) in [5.74, 6) is 0.345. The van der Waals surface area contributed by atoms with Gasteiger partial charge >= 0.3 is 0 Å². The predicted octanol–water partition coefficient (Wildman–Crippen LogP) is 2.86. The second-order valence-corrected chi connectivity index (χ2v) is 8.92. The number of anilines is 1. The lowest BCUT2D eigenvalue weighted by Gasteiger charge is -2.30. The van der Waals surface area contributed by atoms with E-state index in [2.05, 4.69) is 27.4 Å². The summed E-state index contributed by atoms with van der Waals surface area (Å²) in [6.45, 7) is 12.5. The first-order valence-corrected chi connectivity index (χ1v) is 9.81. The lowest BCUT2D eigenvalue weighted by molar-refractivity contribution is -0.131. The molecule has 6 nitrogen and oxygen atoms in total. The molecule has 2 unspecified atom stereocenters. The van der Waals surface area contributed by atoms with Gasteiger partial charge in [-0.1, -0.05) is 27.7 Å². The molecular weight excluding hydrogens is 336 g/mol. The Morgan fingerprint density at radius 3 is 2.80 bits per heavy atom. The van der Waals surface area contributed by atoms with E-state index in [1.807, 2.05) is 26.2 Å². The van der Waals surface area contributed by atoms with Crippen molar-refractivity contribution in [3.8, 4) is 0 Å². The summed E-state index contributed by atoms with van der Waals surface area (Å²) >= 11 is 1.43. The quantitative estimate of drug-likeness (QED) is 0.840. The van der Waals surface area contributed by atoms with Gasteiger partial charge in [0, 0.05) is 23.9 Å². The second kappa shape index (κ2) is 8.27. The van der Waals surface area contributed by atoms with Gasteiger partial charge in [0.1, 0.15) is 6.04 Å². The maximum Gasteiger partial charge on any atom is 0.248 e. The first-order chi connectivity index (χ1) is 11.6. The number of piperidine rings is 1. The predicted molar refractivity (Wildman–Crippen MR) is 101 cm³/mol. The molecule has 1 fully saturated rings. The van der Waals surface area contributed by atoms with E-state index in [-0.39, 0.29) is 11.8 Å². The highest BCUT2D eigenvalue weighted by atomic mass is 32.1. The summed E-state index contributed by atoms with van der Waals surface area (Å²) in [6, 6.07) is -0.595. The Bertz CT molecular complexity index is 608. The minimum absolute atomic E-state index is 0.144. The highest BCUT2D eigenvalue weighted by molar-refractivity contribution is 7.13. The van der Waals surface area contributed by atoms with Crippen LogP contribution in [-0.2, 0) is 16.1 Å². The molecule has 7 heteroatoms. The number of hydrogen-bond acceptors (Lipinski definition) is 5. The number of amides is 2. The van der Waals surface area contributed by atoms with Crippen LogP contribution in [0.15, 0.2) is 5.38 Å². The van der Waals surface area contributed by atoms with E-state index in [4.69, 9.17) is 0 Å². The van der Waals surface area contributed by atoms with Crippen molar-refractivity contribution in [2.24, 2.45) is 11.3 Å². The van der Waals surface area contributed by atoms with Crippen molar-refractivity contribution in [1.29, 1.82) is 0 Å². The zero-order chi connectivity index (χ0) is 18.6. The standard InChI is InChI=1S/C18H30N4O2S/c1-12-7-6-8-22(9-12)10-14-11-25-17(20-14)21-15(23)13(2)19-16(24)18(3,4)5/h11-13H,6-10H2,1-5H3,(H,19,24)(H,20,21,23). The molecule has 1 aromatic heterocycles. The number of nitrogens with one attached hydrogen (secondary N) is 2. The van der Waals surface area contributed by atoms with Gasteiger partial charge in [0.15, 0.2) is 5.13 Å². The molecular formula is C18H30N4O2S. The van der Waals surface area contributed by atoms with Crippen LogP contribution in [0.4, 0.5) is 5.13 Å². The zero-order valence-electron chi connectivity index (χ0n) is 15.9. The SMILES string of the molecule is CC1CCCN(Cc2csc(NC(=O)C(C)NC(=O)C(C)(C)C)n2)C1. The molecule has 0 aliphatic carbocycles. The van der Waals surface area contributed by atoms with Gasteiger partial charge in [-0.15, -0.1) is 11.3 Å². The van der Waals surface area contributed by atoms with Gasteiger partial charge in [0.05, 0.1) is 5.69 Å². The lowest BCUT2D eigenvalue weighted by Crippen LogP contribution is -2.46. The smallest absolute Gasteiger partial charge is 0.248 e. The van der Waals surface area contributed by atoms with Crippen molar-refractivity contribution in [3.05, 3.63) is 11.1 Å². The van der Waals surface area contributed by atoms with Gasteiger partial charge in [0.2, 0.25) is 11.8 Å². The molecule has 2 rings (SSSR count). The Hall–Kier alpha value is -1.47. The minimum Gasteiger partial charge on any atom is -0.344 e. The first-order valence-electron chi connectivity index (χ1n) is 8.93. The normalized spacial score (nSPS) is 20.1. The number of aromatic nitrogens is 1. The number of likely N-dealkylation sites (tertiary alicyclic amines) is 1. The topological polar surface area (TPSA) is 74.3 Å². The monoisotopic (exact) mass is 366 g/mol. The molecule has 1 aromatic rings. The Balaban J connectivity index is 1.85. The third-order valence-electron chi connectivity index (χ3n) is 4.33. The molecule has 2 amide bonds. The van der Waals surface area contributed by atoms with Crippen molar-refractivity contribution in [2.75, 3.05) is 18.4 Å². The molecule has 1 aliphatic heterocycles. The van der Waals surface area contributed by atoms with Crippen molar-refractivity contribution in [1.82, 2.24) is 15.2 Å². The highest BCUT2D eigenvalue weighted by Crippen LogP contribution is 2.21. The van der Waals surface area contributed by atoms with Crippen LogP contribution in [0, 0.1) is 11.3 Å². The summed E-state index contributed by atoms with van der Waals surface area (Å²) in [5, 5.41) is 8.11. The Labute approximate surface area is 154 Å². The fraction of sp³-hybridized carbons (Fsp3) is 0.722. The van der Waals surface area contributed by atoms with Gasteiger partial charge in [-0.3, -0.25) is 14.5 Å². The summed E-state index contributed by atoms with van der Waals surface area (Å²) < 4.78 is 0. The molecule has 0 spiro atoms. The highest BCUT2D eigenvalue weighted by Gasteiger charge is 2.25.